The number of hydrogen-bond donors (Lipinski definition) is 1. The number of anilines is 1. The molecule has 0 saturated heterocycles. The molecule has 0 aromatic heterocycles. The SMILES string of the molecule is CNC(=O)C(c1ccccc1)N(CCCc1ccccc1F)c1ccc(F)c(C)c1. The highest BCUT2D eigenvalue weighted by Gasteiger charge is 2.27. The Balaban J connectivity index is 1.94. The Bertz CT molecular complexity index is 991. The molecule has 156 valence electrons. The number of rotatable bonds is 8. The average Bonchev–Trinajstić information content (AvgIpc) is 2.76. The fourth-order valence-electron chi connectivity index (χ4n) is 3.60. The molecule has 5 heteroatoms. The lowest BCUT2D eigenvalue weighted by Crippen LogP contribution is -2.40. The van der Waals surface area contributed by atoms with E-state index in [1.807, 2.05) is 41.3 Å². The molecule has 30 heavy (non-hydrogen) atoms. The number of likely N-dealkylation sites (N-methyl/N-ethyl adjacent to an activating group) is 1. The quantitative estimate of drug-likeness (QED) is 0.556. The molecule has 3 aromatic rings. The predicted octanol–water partition coefficient (Wildman–Crippen LogP) is 5.20. The lowest BCUT2D eigenvalue weighted by molar-refractivity contribution is -0.122. The summed E-state index contributed by atoms with van der Waals surface area (Å²) in [6.07, 6.45) is 1.18. The van der Waals surface area contributed by atoms with Crippen LogP contribution in [0.5, 0.6) is 0 Å². The van der Waals surface area contributed by atoms with Crippen LogP contribution >= 0.6 is 0 Å². The first-order valence-corrected chi connectivity index (χ1v) is 10.0. The van der Waals surface area contributed by atoms with Crippen molar-refractivity contribution >= 4 is 11.6 Å². The van der Waals surface area contributed by atoms with Crippen LogP contribution in [0, 0.1) is 18.6 Å². The van der Waals surface area contributed by atoms with Crippen molar-refractivity contribution in [2.24, 2.45) is 0 Å². The molecule has 0 aliphatic heterocycles. The zero-order chi connectivity index (χ0) is 21.5. The van der Waals surface area contributed by atoms with Gasteiger partial charge in [0.25, 0.3) is 0 Å². The zero-order valence-electron chi connectivity index (χ0n) is 17.2. The number of carbonyl (C=O) groups excluding carboxylic acids is 1. The summed E-state index contributed by atoms with van der Waals surface area (Å²) in [5, 5.41) is 2.74. The number of aryl methyl sites for hydroxylation is 2. The molecule has 0 bridgehead atoms. The molecule has 1 amide bonds. The summed E-state index contributed by atoms with van der Waals surface area (Å²) in [4.78, 5) is 14.8. The minimum absolute atomic E-state index is 0.158. The lowest BCUT2D eigenvalue weighted by Gasteiger charge is -2.33. The second-order valence-electron chi connectivity index (χ2n) is 7.25. The van der Waals surface area contributed by atoms with Crippen molar-refractivity contribution in [2.75, 3.05) is 18.5 Å². The van der Waals surface area contributed by atoms with Gasteiger partial charge in [-0.15, -0.1) is 0 Å². The van der Waals surface area contributed by atoms with E-state index in [0.29, 0.717) is 30.5 Å². The number of hydrogen-bond acceptors (Lipinski definition) is 2. The topological polar surface area (TPSA) is 32.3 Å². The van der Waals surface area contributed by atoms with E-state index in [0.717, 1.165) is 11.3 Å². The van der Waals surface area contributed by atoms with Gasteiger partial charge in [-0.05, 0) is 60.7 Å². The molecule has 3 aromatic carbocycles. The number of amides is 1. The molecule has 0 aliphatic rings. The Labute approximate surface area is 176 Å². The third kappa shape index (κ3) is 5.03. The van der Waals surface area contributed by atoms with Gasteiger partial charge in [0.15, 0.2) is 0 Å². The van der Waals surface area contributed by atoms with Crippen molar-refractivity contribution < 1.29 is 13.6 Å². The van der Waals surface area contributed by atoms with Gasteiger partial charge < -0.3 is 10.2 Å². The number of halogens is 2. The van der Waals surface area contributed by atoms with Crippen LogP contribution < -0.4 is 10.2 Å². The number of nitrogens with zero attached hydrogens (tertiary/aromatic N) is 1. The van der Waals surface area contributed by atoms with Gasteiger partial charge in [-0.1, -0.05) is 48.5 Å². The summed E-state index contributed by atoms with van der Waals surface area (Å²) < 4.78 is 27.9. The molecule has 1 N–H and O–H groups in total. The van der Waals surface area contributed by atoms with Gasteiger partial charge in [0.2, 0.25) is 5.91 Å². The van der Waals surface area contributed by atoms with Crippen LogP contribution in [0.2, 0.25) is 0 Å². The maximum atomic E-state index is 14.0. The highest BCUT2D eigenvalue weighted by atomic mass is 19.1. The molecule has 0 aliphatic carbocycles. The van der Waals surface area contributed by atoms with Crippen molar-refractivity contribution in [2.45, 2.75) is 25.8 Å². The molecule has 0 spiro atoms. The van der Waals surface area contributed by atoms with Gasteiger partial charge in [-0.25, -0.2) is 8.78 Å². The van der Waals surface area contributed by atoms with E-state index >= 15 is 0 Å². The third-order valence-corrected chi connectivity index (χ3v) is 5.20. The summed E-state index contributed by atoms with van der Waals surface area (Å²) in [6, 6.07) is 20.5. The Hall–Kier alpha value is -3.21. The molecule has 0 fully saturated rings. The van der Waals surface area contributed by atoms with Crippen molar-refractivity contribution in [3.8, 4) is 0 Å². The highest BCUT2D eigenvalue weighted by Crippen LogP contribution is 2.29. The first-order chi connectivity index (χ1) is 14.5. The first-order valence-electron chi connectivity index (χ1n) is 10.0. The largest absolute Gasteiger partial charge is 0.357 e. The van der Waals surface area contributed by atoms with Crippen LogP contribution in [0.1, 0.15) is 29.2 Å². The zero-order valence-corrected chi connectivity index (χ0v) is 17.2. The summed E-state index contributed by atoms with van der Waals surface area (Å²) in [5.74, 6) is -0.678. The monoisotopic (exact) mass is 408 g/mol. The lowest BCUT2D eigenvalue weighted by atomic mass is 10.0. The molecule has 3 rings (SSSR count). The molecule has 3 nitrogen and oxygen atoms in total. The summed E-state index contributed by atoms with van der Waals surface area (Å²) in [7, 11) is 1.60. The van der Waals surface area contributed by atoms with Crippen molar-refractivity contribution in [3.05, 3.63) is 101 Å². The second kappa shape index (κ2) is 10.0. The Morgan fingerprint density at radius 1 is 0.967 bits per heavy atom. The maximum Gasteiger partial charge on any atom is 0.247 e. The van der Waals surface area contributed by atoms with Crippen LogP contribution in [0.25, 0.3) is 0 Å². The Morgan fingerprint density at radius 2 is 1.67 bits per heavy atom. The van der Waals surface area contributed by atoms with Crippen molar-refractivity contribution in [1.29, 1.82) is 0 Å². The molecule has 0 heterocycles. The van der Waals surface area contributed by atoms with Crippen molar-refractivity contribution in [1.82, 2.24) is 5.32 Å². The van der Waals surface area contributed by atoms with Gasteiger partial charge >= 0.3 is 0 Å². The second-order valence-corrected chi connectivity index (χ2v) is 7.25. The van der Waals surface area contributed by atoms with E-state index in [-0.39, 0.29) is 17.5 Å². The average molecular weight is 408 g/mol. The standard InChI is InChI=1S/C25H26F2N2O/c1-18-17-21(14-15-22(18)26)29(16-8-12-19-9-6-7-13-23(19)27)24(25(30)28-2)20-10-4-3-5-11-20/h3-7,9-11,13-15,17,24H,8,12,16H2,1-2H3,(H,28,30). The maximum absolute atomic E-state index is 14.0. The normalized spacial score (nSPS) is 11.7. The third-order valence-electron chi connectivity index (χ3n) is 5.20. The summed E-state index contributed by atoms with van der Waals surface area (Å²) in [6.45, 7) is 2.21. The Morgan fingerprint density at radius 3 is 2.33 bits per heavy atom. The van der Waals surface area contributed by atoms with Crippen LogP contribution in [-0.4, -0.2) is 19.5 Å². The van der Waals surface area contributed by atoms with Gasteiger partial charge in [0.1, 0.15) is 17.7 Å². The van der Waals surface area contributed by atoms with E-state index in [2.05, 4.69) is 5.32 Å². The van der Waals surface area contributed by atoms with Crippen LogP contribution in [0.4, 0.5) is 14.5 Å². The van der Waals surface area contributed by atoms with Crippen molar-refractivity contribution in [3.63, 3.8) is 0 Å². The summed E-state index contributed by atoms with van der Waals surface area (Å²) >= 11 is 0. The van der Waals surface area contributed by atoms with Gasteiger partial charge in [0, 0.05) is 19.3 Å². The van der Waals surface area contributed by atoms with E-state index in [9.17, 15) is 13.6 Å². The first kappa shape index (κ1) is 21.5. The fourth-order valence-corrected chi connectivity index (χ4v) is 3.60. The minimum Gasteiger partial charge on any atom is -0.357 e. The van der Waals surface area contributed by atoms with Crippen LogP contribution in [0.15, 0.2) is 72.8 Å². The molecular formula is C25H26F2N2O. The molecule has 1 unspecified atom stereocenters. The van der Waals surface area contributed by atoms with Crippen LogP contribution in [-0.2, 0) is 11.2 Å². The van der Waals surface area contributed by atoms with E-state index < -0.39 is 6.04 Å². The number of benzene rings is 3. The molecular weight excluding hydrogens is 382 g/mol. The fraction of sp³-hybridized carbons (Fsp3) is 0.240. The van der Waals surface area contributed by atoms with Gasteiger partial charge in [-0.3, -0.25) is 4.79 Å². The number of carbonyl (C=O) groups is 1. The van der Waals surface area contributed by atoms with Crippen LogP contribution in [0.3, 0.4) is 0 Å². The van der Waals surface area contributed by atoms with E-state index in [4.69, 9.17) is 0 Å². The van der Waals surface area contributed by atoms with E-state index in [1.165, 1.54) is 12.1 Å². The molecule has 1 atom stereocenters. The predicted molar refractivity (Wildman–Crippen MR) is 116 cm³/mol. The minimum atomic E-state index is -0.582. The Kier molecular flexibility index (Phi) is 7.17. The number of nitrogens with one attached hydrogen (secondary N) is 1. The van der Waals surface area contributed by atoms with Gasteiger partial charge in [0.05, 0.1) is 0 Å². The van der Waals surface area contributed by atoms with Gasteiger partial charge in [-0.2, -0.15) is 0 Å². The molecule has 0 saturated carbocycles. The van der Waals surface area contributed by atoms with E-state index in [1.54, 1.807) is 38.2 Å². The summed E-state index contributed by atoms with van der Waals surface area (Å²) in [5.41, 5.74) is 2.74. The smallest absolute Gasteiger partial charge is 0.247 e. The molecule has 0 radical (unpaired) electrons. The highest BCUT2D eigenvalue weighted by molar-refractivity contribution is 5.86.